The predicted molar refractivity (Wildman–Crippen MR) is 76.0 cm³/mol. The minimum absolute atomic E-state index is 0.0635. The summed E-state index contributed by atoms with van der Waals surface area (Å²) in [7, 11) is 0. The first kappa shape index (κ1) is 15.4. The van der Waals surface area contributed by atoms with Crippen LogP contribution in [0.15, 0.2) is 11.4 Å². The van der Waals surface area contributed by atoms with Gasteiger partial charge in [0.2, 0.25) is 0 Å². The summed E-state index contributed by atoms with van der Waals surface area (Å²) >= 11 is -1.39. The normalized spacial score (nSPS) is 13.9. The first-order valence-electron chi connectivity index (χ1n) is 6.22. The molecule has 0 bridgehead atoms. The molecule has 1 rings (SSSR count). The van der Waals surface area contributed by atoms with Crippen molar-refractivity contribution in [3.05, 3.63) is 16.3 Å². The molecule has 0 aliphatic heterocycles. The Morgan fingerprint density at radius 1 is 1.29 bits per heavy atom. The van der Waals surface area contributed by atoms with Crippen LogP contribution < -0.4 is 9.31 Å². The molecule has 0 radical (unpaired) electrons. The standard InChI is InChI=1S/C6H8NS.2C2H5O.C2H5.Sn/c1-5(7)6-3-2-4-8-6;2*1-2-3;1-2;/h2,4-5H,7H2,1H3;2*2H2,1H3;1H2,2H3;/q;2*-1;;+2. The maximum atomic E-state index is 6.09. The van der Waals surface area contributed by atoms with Crippen LogP contribution in [0.25, 0.3) is 0 Å². The molecule has 5 heteroatoms. The summed E-state index contributed by atoms with van der Waals surface area (Å²) in [4.78, 5) is 1.24. The zero-order valence-electron chi connectivity index (χ0n) is 11.2. The third kappa shape index (κ3) is 3.44. The quantitative estimate of drug-likeness (QED) is 0.757. The zero-order valence-corrected chi connectivity index (χ0v) is 14.8. The second-order valence-corrected chi connectivity index (χ2v) is 14.4. The van der Waals surface area contributed by atoms with Crippen molar-refractivity contribution >= 4 is 34.1 Å². The Morgan fingerprint density at radius 3 is 2.29 bits per heavy atom. The van der Waals surface area contributed by atoms with E-state index in [9.17, 15) is 0 Å². The van der Waals surface area contributed by atoms with Crippen LogP contribution in [-0.2, 0) is 6.15 Å². The third-order valence-corrected chi connectivity index (χ3v) is 14.9. The van der Waals surface area contributed by atoms with Crippen molar-refractivity contribution in [2.45, 2.75) is 38.2 Å². The van der Waals surface area contributed by atoms with Crippen LogP contribution in [0.4, 0.5) is 0 Å². The first-order valence-corrected chi connectivity index (χ1v) is 12.9. The van der Waals surface area contributed by atoms with Crippen molar-refractivity contribution < 1.29 is 6.15 Å². The Hall–Kier alpha value is 0.379. The van der Waals surface area contributed by atoms with Crippen LogP contribution in [0.2, 0.25) is 4.44 Å². The fourth-order valence-corrected chi connectivity index (χ4v) is 13.4. The Balaban J connectivity index is 3.15. The van der Waals surface area contributed by atoms with E-state index >= 15 is 0 Å². The Morgan fingerprint density at radius 2 is 1.88 bits per heavy atom. The van der Waals surface area contributed by atoms with Crippen molar-refractivity contribution in [3.63, 3.8) is 0 Å². The first-order chi connectivity index (χ1) is 8.11. The van der Waals surface area contributed by atoms with Gasteiger partial charge in [0.1, 0.15) is 0 Å². The van der Waals surface area contributed by atoms with Crippen LogP contribution in [0.3, 0.4) is 0 Å². The predicted octanol–water partition coefficient (Wildman–Crippen LogP) is 2.51. The molecule has 1 aromatic heterocycles. The molecule has 0 aliphatic carbocycles. The van der Waals surface area contributed by atoms with Crippen LogP contribution in [0.1, 0.15) is 38.6 Å². The van der Waals surface area contributed by atoms with Crippen molar-refractivity contribution in [3.8, 4) is 0 Å². The summed E-state index contributed by atoms with van der Waals surface area (Å²) in [6.07, 6.45) is 0. The average molecular weight is 364 g/mol. The van der Waals surface area contributed by atoms with Crippen molar-refractivity contribution in [1.29, 1.82) is 0 Å². The van der Waals surface area contributed by atoms with Gasteiger partial charge in [-0.3, -0.25) is 0 Å². The molecule has 0 aromatic carbocycles. The SMILES string of the molecule is CC[O][Sn]([CH2]C)([O]CC)[c]1ccsc1C(C)N. The minimum atomic E-state index is -3.11. The van der Waals surface area contributed by atoms with Gasteiger partial charge in [0.15, 0.2) is 0 Å². The van der Waals surface area contributed by atoms with Gasteiger partial charge in [0.05, 0.1) is 0 Å². The van der Waals surface area contributed by atoms with Crippen molar-refractivity contribution in [1.82, 2.24) is 0 Å². The topological polar surface area (TPSA) is 44.5 Å². The number of hydrogen-bond acceptors (Lipinski definition) is 4. The Labute approximate surface area is 113 Å². The van der Waals surface area contributed by atoms with Crippen LogP contribution >= 0.6 is 11.3 Å². The summed E-state index contributed by atoms with van der Waals surface area (Å²) < 4.78 is 14.5. The van der Waals surface area contributed by atoms with E-state index in [0.717, 1.165) is 17.7 Å². The van der Waals surface area contributed by atoms with E-state index in [-0.39, 0.29) is 6.04 Å². The fraction of sp³-hybridized carbons (Fsp3) is 0.667. The molecule has 0 saturated heterocycles. The maximum absolute atomic E-state index is 6.09. The van der Waals surface area contributed by atoms with Crippen LogP contribution in [0.5, 0.6) is 0 Å². The van der Waals surface area contributed by atoms with Gasteiger partial charge < -0.3 is 0 Å². The molecule has 0 fully saturated rings. The van der Waals surface area contributed by atoms with E-state index in [4.69, 9.17) is 11.9 Å². The summed E-state index contributed by atoms with van der Waals surface area (Å²) in [5.41, 5.74) is 6.04. The van der Waals surface area contributed by atoms with E-state index in [1.807, 2.05) is 20.8 Å². The molecule has 0 amide bonds. The molecule has 98 valence electrons. The number of hydrogen-bond donors (Lipinski definition) is 1. The van der Waals surface area contributed by atoms with Crippen molar-refractivity contribution in [2.24, 2.45) is 5.73 Å². The summed E-state index contributed by atoms with van der Waals surface area (Å²) in [5.74, 6) is 0. The molecule has 17 heavy (non-hydrogen) atoms. The average Bonchev–Trinajstić information content (AvgIpc) is 2.78. The summed E-state index contributed by atoms with van der Waals surface area (Å²) in [6, 6.07) is 2.22. The van der Waals surface area contributed by atoms with Crippen LogP contribution in [0, 0.1) is 0 Å². The zero-order chi connectivity index (χ0) is 12.9. The molecule has 0 aliphatic rings. The van der Waals surface area contributed by atoms with E-state index in [0.29, 0.717) is 0 Å². The van der Waals surface area contributed by atoms with E-state index in [1.54, 1.807) is 11.3 Å². The Bertz CT molecular complexity index is 335. The monoisotopic (exact) mass is 365 g/mol. The van der Waals surface area contributed by atoms with Gasteiger partial charge in [0, 0.05) is 0 Å². The molecule has 0 spiro atoms. The number of rotatable bonds is 7. The number of nitrogens with two attached hydrogens (primary N) is 1. The van der Waals surface area contributed by atoms with Gasteiger partial charge in [-0.15, -0.1) is 0 Å². The van der Waals surface area contributed by atoms with Gasteiger partial charge in [-0.1, -0.05) is 0 Å². The van der Waals surface area contributed by atoms with E-state index in [1.165, 1.54) is 8.46 Å². The Kier molecular flexibility index (Phi) is 6.44. The van der Waals surface area contributed by atoms with E-state index < -0.39 is 19.2 Å². The van der Waals surface area contributed by atoms with Crippen LogP contribution in [-0.4, -0.2) is 32.4 Å². The van der Waals surface area contributed by atoms with Crippen molar-refractivity contribution in [2.75, 3.05) is 13.2 Å². The van der Waals surface area contributed by atoms with Gasteiger partial charge in [0.25, 0.3) is 0 Å². The van der Waals surface area contributed by atoms with Gasteiger partial charge in [-0.05, 0) is 0 Å². The summed E-state index contributed by atoms with van der Waals surface area (Å²) in [6.45, 7) is 9.72. The molecule has 1 aromatic rings. The summed E-state index contributed by atoms with van der Waals surface area (Å²) in [5, 5.41) is 2.10. The molecule has 0 saturated carbocycles. The molecule has 1 heterocycles. The molecule has 3 nitrogen and oxygen atoms in total. The number of thiophene rings is 1. The second-order valence-electron chi connectivity index (χ2n) is 3.96. The molecule has 1 unspecified atom stereocenters. The molecular formula is C12H23NO2SSn. The molecular weight excluding hydrogens is 341 g/mol. The molecule has 1 atom stereocenters. The van der Waals surface area contributed by atoms with E-state index in [2.05, 4.69) is 18.4 Å². The van der Waals surface area contributed by atoms with Gasteiger partial charge >= 0.3 is 114 Å². The fourth-order valence-electron chi connectivity index (χ4n) is 2.05. The third-order valence-electron chi connectivity index (χ3n) is 2.74. The van der Waals surface area contributed by atoms with Gasteiger partial charge in [-0.25, -0.2) is 0 Å². The van der Waals surface area contributed by atoms with Gasteiger partial charge in [-0.2, -0.15) is 0 Å². The second kappa shape index (κ2) is 7.09. The molecule has 2 N–H and O–H groups in total.